The van der Waals surface area contributed by atoms with E-state index >= 15 is 0 Å². The highest BCUT2D eigenvalue weighted by atomic mass is 32.2. The fourth-order valence-electron chi connectivity index (χ4n) is 3.45. The maximum atomic E-state index is 12.9. The standard InChI is InChI=1S/C24H26N4O2S/c1-24(2,3)19-11-13-20(14-12-19)31(29,30)26-16-22-27-21-10-7-15-25-23(21)28(22)17-18-8-5-4-6-9-18/h4-15,26H,16-17H2,1-3H3. The molecule has 2 aromatic carbocycles. The molecule has 160 valence electrons. The minimum atomic E-state index is -3.67. The van der Waals surface area contributed by atoms with E-state index in [2.05, 4.69) is 35.5 Å². The number of imidazole rings is 1. The Morgan fingerprint density at radius 3 is 2.32 bits per heavy atom. The van der Waals surface area contributed by atoms with E-state index in [9.17, 15) is 8.42 Å². The third-order valence-electron chi connectivity index (χ3n) is 5.22. The topological polar surface area (TPSA) is 76.9 Å². The Labute approximate surface area is 183 Å². The summed E-state index contributed by atoms with van der Waals surface area (Å²) < 4.78 is 30.4. The first kappa shape index (κ1) is 21.2. The molecule has 0 saturated heterocycles. The van der Waals surface area contributed by atoms with Crippen LogP contribution in [-0.4, -0.2) is 23.0 Å². The van der Waals surface area contributed by atoms with Gasteiger partial charge in [-0.05, 0) is 40.8 Å². The van der Waals surface area contributed by atoms with Crippen LogP contribution in [0.4, 0.5) is 0 Å². The van der Waals surface area contributed by atoms with Crippen molar-refractivity contribution in [2.24, 2.45) is 0 Å². The van der Waals surface area contributed by atoms with E-state index < -0.39 is 10.0 Å². The molecule has 2 heterocycles. The Balaban J connectivity index is 1.60. The Bertz CT molecular complexity index is 1290. The van der Waals surface area contributed by atoms with Crippen LogP contribution in [0.25, 0.3) is 11.2 Å². The molecule has 2 aromatic heterocycles. The number of hydrogen-bond acceptors (Lipinski definition) is 4. The third kappa shape index (κ3) is 4.68. The molecule has 31 heavy (non-hydrogen) atoms. The average molecular weight is 435 g/mol. The van der Waals surface area contributed by atoms with Crippen molar-refractivity contribution >= 4 is 21.2 Å². The Hall–Kier alpha value is -3.03. The normalized spacial score (nSPS) is 12.4. The van der Waals surface area contributed by atoms with Gasteiger partial charge >= 0.3 is 0 Å². The van der Waals surface area contributed by atoms with Crippen LogP contribution in [0.1, 0.15) is 37.7 Å². The van der Waals surface area contributed by atoms with Crippen molar-refractivity contribution < 1.29 is 8.42 Å². The number of pyridine rings is 1. The van der Waals surface area contributed by atoms with E-state index in [0.717, 1.165) is 22.3 Å². The van der Waals surface area contributed by atoms with Crippen LogP contribution in [-0.2, 0) is 28.5 Å². The SMILES string of the molecule is CC(C)(C)c1ccc(S(=O)(=O)NCc2nc3cccnc3n2Cc2ccccc2)cc1. The minimum Gasteiger partial charge on any atom is -0.307 e. The fraction of sp³-hybridized carbons (Fsp3) is 0.250. The predicted octanol–water partition coefficient (Wildman–Crippen LogP) is 4.26. The Kier molecular flexibility index (Phi) is 5.64. The van der Waals surface area contributed by atoms with Gasteiger partial charge in [-0.2, -0.15) is 0 Å². The fourth-order valence-corrected chi connectivity index (χ4v) is 4.43. The van der Waals surface area contributed by atoms with Gasteiger partial charge in [-0.1, -0.05) is 63.2 Å². The van der Waals surface area contributed by atoms with Crippen LogP contribution in [0.15, 0.2) is 77.8 Å². The summed E-state index contributed by atoms with van der Waals surface area (Å²) in [5.74, 6) is 0.618. The van der Waals surface area contributed by atoms with Crippen molar-refractivity contribution in [2.45, 2.75) is 44.2 Å². The van der Waals surface area contributed by atoms with Crippen LogP contribution in [0, 0.1) is 0 Å². The number of nitrogens with zero attached hydrogens (tertiary/aromatic N) is 3. The van der Waals surface area contributed by atoms with E-state index in [4.69, 9.17) is 0 Å². The molecule has 0 fully saturated rings. The lowest BCUT2D eigenvalue weighted by molar-refractivity contribution is 0.574. The number of hydrogen-bond donors (Lipinski definition) is 1. The lowest BCUT2D eigenvalue weighted by atomic mass is 9.87. The van der Waals surface area contributed by atoms with Gasteiger partial charge in [0.25, 0.3) is 0 Å². The van der Waals surface area contributed by atoms with Gasteiger partial charge < -0.3 is 4.57 Å². The van der Waals surface area contributed by atoms with E-state index in [1.165, 1.54) is 0 Å². The van der Waals surface area contributed by atoms with Crippen molar-refractivity contribution in [1.29, 1.82) is 0 Å². The van der Waals surface area contributed by atoms with Crippen molar-refractivity contribution in [3.8, 4) is 0 Å². The van der Waals surface area contributed by atoms with Crippen LogP contribution in [0.3, 0.4) is 0 Å². The van der Waals surface area contributed by atoms with Crippen LogP contribution >= 0.6 is 0 Å². The maximum absolute atomic E-state index is 12.9. The van der Waals surface area contributed by atoms with E-state index in [1.807, 2.05) is 59.2 Å². The summed E-state index contributed by atoms with van der Waals surface area (Å²) in [5, 5.41) is 0. The summed E-state index contributed by atoms with van der Waals surface area (Å²) in [7, 11) is -3.67. The quantitative estimate of drug-likeness (QED) is 0.492. The number of nitrogens with one attached hydrogen (secondary N) is 1. The van der Waals surface area contributed by atoms with Crippen molar-refractivity contribution in [3.63, 3.8) is 0 Å². The molecular weight excluding hydrogens is 408 g/mol. The molecule has 0 aliphatic heterocycles. The van der Waals surface area contributed by atoms with Gasteiger partial charge in [-0.15, -0.1) is 0 Å². The first-order chi connectivity index (χ1) is 14.7. The summed E-state index contributed by atoms with van der Waals surface area (Å²) in [5.41, 5.74) is 3.61. The molecule has 1 N–H and O–H groups in total. The minimum absolute atomic E-state index is 0.0367. The smallest absolute Gasteiger partial charge is 0.240 e. The van der Waals surface area contributed by atoms with Crippen molar-refractivity contribution in [1.82, 2.24) is 19.3 Å². The second kappa shape index (κ2) is 8.24. The molecule has 0 atom stereocenters. The number of fused-ring (bicyclic) bond motifs is 1. The maximum Gasteiger partial charge on any atom is 0.240 e. The zero-order chi connectivity index (χ0) is 22.1. The molecule has 0 spiro atoms. The molecule has 7 heteroatoms. The summed E-state index contributed by atoms with van der Waals surface area (Å²) in [6.07, 6.45) is 1.72. The highest BCUT2D eigenvalue weighted by Crippen LogP contribution is 2.23. The van der Waals surface area contributed by atoms with Crippen LogP contribution in [0.5, 0.6) is 0 Å². The molecular formula is C24H26N4O2S. The summed E-state index contributed by atoms with van der Waals surface area (Å²) in [6.45, 7) is 6.93. The molecule has 6 nitrogen and oxygen atoms in total. The van der Waals surface area contributed by atoms with Crippen molar-refractivity contribution in [3.05, 3.63) is 89.9 Å². The van der Waals surface area contributed by atoms with Gasteiger partial charge in [-0.25, -0.2) is 23.1 Å². The largest absolute Gasteiger partial charge is 0.307 e. The first-order valence-corrected chi connectivity index (χ1v) is 11.7. The summed E-state index contributed by atoms with van der Waals surface area (Å²) >= 11 is 0. The van der Waals surface area contributed by atoms with Crippen LogP contribution < -0.4 is 4.72 Å². The second-order valence-corrected chi connectivity index (χ2v) is 10.3. The van der Waals surface area contributed by atoms with Gasteiger partial charge in [0.1, 0.15) is 11.3 Å². The molecule has 4 aromatic rings. The lowest BCUT2D eigenvalue weighted by Crippen LogP contribution is -2.25. The predicted molar refractivity (Wildman–Crippen MR) is 122 cm³/mol. The molecule has 0 aliphatic carbocycles. The molecule has 4 rings (SSSR count). The highest BCUT2D eigenvalue weighted by Gasteiger charge is 2.19. The number of rotatable bonds is 6. The van der Waals surface area contributed by atoms with Crippen molar-refractivity contribution in [2.75, 3.05) is 0 Å². The first-order valence-electron chi connectivity index (χ1n) is 10.2. The van der Waals surface area contributed by atoms with Gasteiger partial charge in [0.15, 0.2) is 5.65 Å². The number of aromatic nitrogens is 3. The lowest BCUT2D eigenvalue weighted by Gasteiger charge is -2.19. The number of sulfonamides is 1. The summed E-state index contributed by atoms with van der Waals surface area (Å²) in [4.78, 5) is 9.32. The molecule has 0 radical (unpaired) electrons. The number of benzene rings is 2. The van der Waals surface area contributed by atoms with Gasteiger partial charge in [0, 0.05) is 6.20 Å². The zero-order valence-corrected chi connectivity index (χ0v) is 18.7. The molecule has 0 bridgehead atoms. The molecule has 0 aliphatic rings. The van der Waals surface area contributed by atoms with Gasteiger partial charge in [0.05, 0.1) is 18.0 Å². The van der Waals surface area contributed by atoms with E-state index in [-0.39, 0.29) is 16.9 Å². The average Bonchev–Trinajstić information content (AvgIpc) is 3.10. The molecule has 0 unspecified atom stereocenters. The highest BCUT2D eigenvalue weighted by molar-refractivity contribution is 7.89. The second-order valence-electron chi connectivity index (χ2n) is 8.54. The van der Waals surface area contributed by atoms with Gasteiger partial charge in [-0.3, -0.25) is 0 Å². The zero-order valence-electron chi connectivity index (χ0n) is 17.9. The van der Waals surface area contributed by atoms with Crippen LogP contribution in [0.2, 0.25) is 0 Å². The Morgan fingerprint density at radius 1 is 0.935 bits per heavy atom. The molecule has 0 saturated carbocycles. The summed E-state index contributed by atoms with van der Waals surface area (Å²) in [6, 6.07) is 20.7. The van der Waals surface area contributed by atoms with Gasteiger partial charge in [0.2, 0.25) is 10.0 Å². The monoisotopic (exact) mass is 434 g/mol. The van der Waals surface area contributed by atoms with E-state index in [1.54, 1.807) is 18.3 Å². The third-order valence-corrected chi connectivity index (χ3v) is 6.63. The molecule has 0 amide bonds. The van der Waals surface area contributed by atoms with E-state index in [0.29, 0.717) is 12.4 Å². The Morgan fingerprint density at radius 2 is 1.65 bits per heavy atom.